The lowest BCUT2D eigenvalue weighted by molar-refractivity contribution is 0.0982. The highest BCUT2D eigenvalue weighted by molar-refractivity contribution is 5.70. The number of rotatable bonds is 7. The lowest BCUT2D eigenvalue weighted by Crippen LogP contribution is -2.52. The quantitative estimate of drug-likeness (QED) is 0.441. The van der Waals surface area contributed by atoms with Crippen molar-refractivity contribution in [1.29, 1.82) is 5.26 Å². The molecule has 0 bridgehead atoms. The maximum Gasteiger partial charge on any atom is 0.158 e. The van der Waals surface area contributed by atoms with E-state index in [0.717, 1.165) is 56.4 Å². The largest absolute Gasteiger partial charge is 0.494 e. The monoisotopic (exact) mass is 572 g/mol. The van der Waals surface area contributed by atoms with Gasteiger partial charge in [0.15, 0.2) is 5.82 Å². The highest BCUT2D eigenvalue weighted by atomic mass is 19.1. The van der Waals surface area contributed by atoms with Crippen LogP contribution in [0.2, 0.25) is 0 Å². The Balaban J connectivity index is 1.13. The van der Waals surface area contributed by atoms with Crippen LogP contribution < -0.4 is 20.0 Å². The van der Waals surface area contributed by atoms with Gasteiger partial charge >= 0.3 is 0 Å². The van der Waals surface area contributed by atoms with E-state index < -0.39 is 5.82 Å². The highest BCUT2D eigenvalue weighted by Crippen LogP contribution is 2.37. The van der Waals surface area contributed by atoms with Crippen molar-refractivity contribution in [2.75, 3.05) is 75.3 Å². The molecule has 10 nitrogen and oxygen atoms in total. The van der Waals surface area contributed by atoms with E-state index >= 15 is 0 Å². The average Bonchev–Trinajstić information content (AvgIpc) is 3.52. The molecule has 0 spiro atoms. The number of nitrogens with zero attached hydrogens (tertiary/aromatic N) is 7. The minimum absolute atomic E-state index is 0.273. The topological polar surface area (TPSA) is 93.0 Å². The summed E-state index contributed by atoms with van der Waals surface area (Å²) in [6.07, 6.45) is 4.45. The third kappa shape index (κ3) is 6.11. The molecule has 4 heterocycles. The molecule has 2 aromatic carbocycles. The van der Waals surface area contributed by atoms with Crippen LogP contribution in [0.25, 0.3) is 0 Å². The van der Waals surface area contributed by atoms with Crippen LogP contribution >= 0.6 is 0 Å². The Hall–Kier alpha value is -3.98. The van der Waals surface area contributed by atoms with Gasteiger partial charge in [0.2, 0.25) is 0 Å². The highest BCUT2D eigenvalue weighted by Gasteiger charge is 2.30. The van der Waals surface area contributed by atoms with Gasteiger partial charge in [0.05, 0.1) is 37.1 Å². The average molecular weight is 573 g/mol. The van der Waals surface area contributed by atoms with E-state index in [-0.39, 0.29) is 11.6 Å². The van der Waals surface area contributed by atoms with Gasteiger partial charge in [-0.3, -0.25) is 9.74 Å². The van der Waals surface area contributed by atoms with Crippen LogP contribution in [0.15, 0.2) is 48.8 Å². The van der Waals surface area contributed by atoms with Crippen LogP contribution in [0.4, 0.5) is 27.4 Å². The second-order valence-electron chi connectivity index (χ2n) is 11.2. The molecule has 3 saturated heterocycles. The summed E-state index contributed by atoms with van der Waals surface area (Å²) in [5.41, 5.74) is 2.89. The number of nitrogens with one attached hydrogen (secondary N) is 1. The molecule has 0 radical (unpaired) electrons. The third-order valence-electron chi connectivity index (χ3n) is 8.55. The summed E-state index contributed by atoms with van der Waals surface area (Å²) in [6, 6.07) is 14.8. The molecule has 6 rings (SSSR count). The summed E-state index contributed by atoms with van der Waals surface area (Å²) in [5.74, 6) is 1.39. The first-order chi connectivity index (χ1) is 20.5. The van der Waals surface area contributed by atoms with Gasteiger partial charge in [-0.25, -0.2) is 19.4 Å². The van der Waals surface area contributed by atoms with E-state index in [2.05, 4.69) is 49.2 Å². The van der Waals surface area contributed by atoms with Gasteiger partial charge < -0.3 is 19.9 Å². The lowest BCUT2D eigenvalue weighted by Gasteiger charge is -2.42. The second-order valence-corrected chi connectivity index (χ2v) is 11.2. The van der Waals surface area contributed by atoms with Crippen molar-refractivity contribution in [3.63, 3.8) is 0 Å². The predicted molar refractivity (Wildman–Crippen MR) is 160 cm³/mol. The summed E-state index contributed by atoms with van der Waals surface area (Å²) in [7, 11) is 3.88. The second kappa shape index (κ2) is 12.5. The fraction of sp³-hybridized carbons (Fsp3) is 0.452. The zero-order valence-corrected chi connectivity index (χ0v) is 24.2. The Morgan fingerprint density at radius 3 is 2.57 bits per heavy atom. The van der Waals surface area contributed by atoms with Crippen molar-refractivity contribution in [3.05, 3.63) is 65.7 Å². The molecule has 3 fully saturated rings. The molecule has 3 aromatic rings. The van der Waals surface area contributed by atoms with Crippen LogP contribution in [-0.4, -0.2) is 85.8 Å². The van der Waals surface area contributed by atoms with Crippen molar-refractivity contribution < 1.29 is 14.0 Å². The third-order valence-corrected chi connectivity index (χ3v) is 8.55. The van der Waals surface area contributed by atoms with Crippen molar-refractivity contribution in [1.82, 2.24) is 19.8 Å². The number of piperazine rings is 1. The van der Waals surface area contributed by atoms with Crippen LogP contribution in [0.3, 0.4) is 0 Å². The minimum atomic E-state index is -0.448. The first kappa shape index (κ1) is 28.2. The molecule has 1 atom stereocenters. The number of halogens is 1. The smallest absolute Gasteiger partial charge is 0.158 e. The molecule has 0 saturated carbocycles. The van der Waals surface area contributed by atoms with E-state index in [0.29, 0.717) is 36.3 Å². The molecule has 220 valence electrons. The molecular weight excluding hydrogens is 535 g/mol. The van der Waals surface area contributed by atoms with Crippen LogP contribution in [0.1, 0.15) is 36.4 Å². The van der Waals surface area contributed by atoms with Crippen molar-refractivity contribution in [2.45, 2.75) is 31.3 Å². The standard InChI is InChI=1S/C31H37FN8O2/c1-37-10-12-39(13-11-37)25-5-8-38(9-6-25)26-3-4-27(29(18-26)41-2)36-30-19-31(35-21-34-30)40-28(7-14-42-40)23-15-22(20-33)16-24(32)17-23/h3-4,15-19,21,25,28H,5-14H2,1-2H3,(H,34,35,36)/t28-/m0/s1. The van der Waals surface area contributed by atoms with E-state index in [9.17, 15) is 9.65 Å². The van der Waals surface area contributed by atoms with Crippen molar-refractivity contribution in [3.8, 4) is 11.8 Å². The normalized spacial score (nSPS) is 20.5. The fourth-order valence-electron chi connectivity index (χ4n) is 6.20. The van der Waals surface area contributed by atoms with Gasteiger partial charge in [-0.05, 0) is 55.8 Å². The summed E-state index contributed by atoms with van der Waals surface area (Å²) < 4.78 is 19.9. The lowest BCUT2D eigenvalue weighted by atomic mass is 10.0. The Bertz CT molecular complexity index is 1430. The Morgan fingerprint density at radius 1 is 1.00 bits per heavy atom. The number of ether oxygens (including phenoxy) is 1. The van der Waals surface area contributed by atoms with E-state index in [1.54, 1.807) is 24.3 Å². The Kier molecular flexibility index (Phi) is 8.37. The van der Waals surface area contributed by atoms with Crippen molar-refractivity contribution >= 4 is 23.0 Å². The molecule has 0 aliphatic carbocycles. The molecule has 11 heteroatoms. The number of likely N-dealkylation sites (N-methyl/N-ethyl adjacent to an activating group) is 1. The SMILES string of the molecule is COc1cc(N2CCC(N3CCN(C)CC3)CC2)ccc1Nc1cc(N2OCC[C@H]2c2cc(F)cc(C#N)c2)ncn1. The molecule has 42 heavy (non-hydrogen) atoms. The molecular formula is C31H37FN8O2. The first-order valence-corrected chi connectivity index (χ1v) is 14.6. The van der Waals surface area contributed by atoms with Crippen LogP contribution in [0, 0.1) is 17.1 Å². The number of methoxy groups -OCH3 is 1. The molecule has 0 unspecified atom stereocenters. The maximum absolute atomic E-state index is 14.2. The number of hydroxylamine groups is 1. The van der Waals surface area contributed by atoms with E-state index in [1.807, 2.05) is 12.1 Å². The number of aromatic nitrogens is 2. The van der Waals surface area contributed by atoms with Gasteiger partial charge in [0.1, 0.15) is 23.7 Å². The number of anilines is 4. The van der Waals surface area contributed by atoms with Crippen molar-refractivity contribution in [2.24, 2.45) is 0 Å². The summed E-state index contributed by atoms with van der Waals surface area (Å²) in [4.78, 5) is 22.2. The molecule has 3 aliphatic heterocycles. The zero-order chi connectivity index (χ0) is 29.1. The molecule has 1 N–H and O–H groups in total. The molecule has 0 amide bonds. The van der Waals surface area contributed by atoms with E-state index in [4.69, 9.17) is 9.57 Å². The van der Waals surface area contributed by atoms with Crippen LogP contribution in [0.5, 0.6) is 5.75 Å². The summed E-state index contributed by atoms with van der Waals surface area (Å²) in [6.45, 7) is 7.15. The number of piperidine rings is 1. The number of nitriles is 1. The van der Waals surface area contributed by atoms with Crippen LogP contribution in [-0.2, 0) is 4.84 Å². The number of hydrogen-bond acceptors (Lipinski definition) is 10. The summed E-state index contributed by atoms with van der Waals surface area (Å²) >= 11 is 0. The van der Waals surface area contributed by atoms with Gasteiger partial charge in [-0.1, -0.05) is 0 Å². The fourth-order valence-corrected chi connectivity index (χ4v) is 6.20. The summed E-state index contributed by atoms with van der Waals surface area (Å²) in [5, 5.41) is 14.3. The van der Waals surface area contributed by atoms with Gasteiger partial charge in [0.25, 0.3) is 0 Å². The number of hydrogen-bond donors (Lipinski definition) is 1. The molecule has 1 aromatic heterocycles. The van der Waals surface area contributed by atoms with Gasteiger partial charge in [-0.2, -0.15) is 5.26 Å². The maximum atomic E-state index is 14.2. The zero-order valence-electron chi connectivity index (χ0n) is 24.2. The predicted octanol–water partition coefficient (Wildman–Crippen LogP) is 4.34. The van der Waals surface area contributed by atoms with Gasteiger partial charge in [-0.15, -0.1) is 0 Å². The number of benzene rings is 2. The molecule has 3 aliphatic rings. The first-order valence-electron chi connectivity index (χ1n) is 14.6. The van der Waals surface area contributed by atoms with Gasteiger partial charge in [0, 0.05) is 69.6 Å². The minimum Gasteiger partial charge on any atom is -0.494 e. The Labute approximate surface area is 246 Å². The van der Waals surface area contributed by atoms with E-state index in [1.165, 1.54) is 31.3 Å². The Morgan fingerprint density at radius 2 is 1.81 bits per heavy atom.